The highest BCUT2D eigenvalue weighted by atomic mass is 35.5. The second kappa shape index (κ2) is 6.35. The number of carboxylic acid groups (broad SMARTS) is 1. The van der Waals surface area contributed by atoms with Crippen LogP contribution in [0, 0.1) is 5.82 Å². The van der Waals surface area contributed by atoms with Crippen molar-refractivity contribution in [2.45, 2.75) is 51.3 Å². The third-order valence-electron chi connectivity index (χ3n) is 3.31. The molecular weight excluding hydrogens is 325 g/mol. The molecule has 7 heteroatoms. The van der Waals surface area contributed by atoms with Crippen LogP contribution >= 0.6 is 11.6 Å². The summed E-state index contributed by atoms with van der Waals surface area (Å²) in [6.07, 6.45) is 0.568. The van der Waals surface area contributed by atoms with Crippen LogP contribution in [-0.2, 0) is 9.53 Å². The summed E-state index contributed by atoms with van der Waals surface area (Å²) in [7, 11) is 0. The van der Waals surface area contributed by atoms with E-state index in [1.165, 1.54) is 12.1 Å². The molecule has 1 N–H and O–H groups in total. The molecule has 1 aliphatic rings. The van der Waals surface area contributed by atoms with Gasteiger partial charge in [-0.2, -0.15) is 0 Å². The first-order chi connectivity index (χ1) is 10.6. The number of aliphatic carboxylic acids is 1. The van der Waals surface area contributed by atoms with E-state index in [4.69, 9.17) is 16.3 Å². The largest absolute Gasteiger partial charge is 0.479 e. The number of amides is 1. The first-order valence-electron chi connectivity index (χ1n) is 7.29. The number of ether oxygens (including phenoxy) is 1. The first kappa shape index (κ1) is 17.5. The van der Waals surface area contributed by atoms with Crippen molar-refractivity contribution < 1.29 is 23.8 Å². The molecule has 1 amide bonds. The van der Waals surface area contributed by atoms with E-state index in [-0.39, 0.29) is 16.6 Å². The molecule has 1 aromatic rings. The van der Waals surface area contributed by atoms with Gasteiger partial charge in [0.1, 0.15) is 11.4 Å². The number of carbonyl (C=O) groups excluding carboxylic acids is 1. The predicted molar refractivity (Wildman–Crippen MR) is 82.9 cm³/mol. The van der Waals surface area contributed by atoms with E-state index in [1.807, 2.05) is 0 Å². The molecule has 1 fully saturated rings. The van der Waals surface area contributed by atoms with Gasteiger partial charge in [0.25, 0.3) is 0 Å². The molecule has 5 nitrogen and oxygen atoms in total. The van der Waals surface area contributed by atoms with Gasteiger partial charge in [-0.3, -0.25) is 4.90 Å². The van der Waals surface area contributed by atoms with Crippen molar-refractivity contribution in [1.29, 1.82) is 0 Å². The number of carbonyl (C=O) groups is 2. The molecule has 2 rings (SSSR count). The molecule has 1 unspecified atom stereocenters. The molecule has 0 spiro atoms. The second-order valence-electron chi connectivity index (χ2n) is 6.53. The van der Waals surface area contributed by atoms with E-state index in [9.17, 15) is 19.1 Å². The average Bonchev–Trinajstić information content (AvgIpc) is 3.18. The van der Waals surface area contributed by atoms with Crippen molar-refractivity contribution >= 4 is 23.7 Å². The molecule has 0 bridgehead atoms. The quantitative estimate of drug-likeness (QED) is 0.897. The summed E-state index contributed by atoms with van der Waals surface area (Å²) >= 11 is 5.71. The van der Waals surface area contributed by atoms with Gasteiger partial charge in [-0.05, 0) is 45.7 Å². The van der Waals surface area contributed by atoms with Crippen LogP contribution in [0.5, 0.6) is 0 Å². The highest BCUT2D eigenvalue weighted by Gasteiger charge is 2.44. The Labute approximate surface area is 139 Å². The molecule has 1 aromatic carbocycles. The van der Waals surface area contributed by atoms with Crippen LogP contribution in [-0.4, -0.2) is 33.7 Å². The molecule has 0 saturated heterocycles. The maximum absolute atomic E-state index is 14.2. The minimum Gasteiger partial charge on any atom is -0.479 e. The maximum atomic E-state index is 14.2. The minimum atomic E-state index is -1.45. The van der Waals surface area contributed by atoms with Gasteiger partial charge in [0.05, 0.1) is 0 Å². The van der Waals surface area contributed by atoms with Crippen LogP contribution < -0.4 is 0 Å². The molecule has 0 aliphatic heterocycles. The maximum Gasteiger partial charge on any atom is 0.411 e. The summed E-state index contributed by atoms with van der Waals surface area (Å²) in [4.78, 5) is 25.3. The number of carboxylic acids is 1. The molecule has 1 saturated carbocycles. The Morgan fingerprint density at radius 1 is 1.39 bits per heavy atom. The van der Waals surface area contributed by atoms with Crippen LogP contribution in [0.4, 0.5) is 9.18 Å². The lowest BCUT2D eigenvalue weighted by Gasteiger charge is -2.32. The molecule has 23 heavy (non-hydrogen) atoms. The van der Waals surface area contributed by atoms with Gasteiger partial charge in [0.15, 0.2) is 6.04 Å². The van der Waals surface area contributed by atoms with Gasteiger partial charge in [-0.1, -0.05) is 17.7 Å². The molecule has 0 heterocycles. The van der Waals surface area contributed by atoms with Gasteiger partial charge in [0.2, 0.25) is 0 Å². The average molecular weight is 344 g/mol. The summed E-state index contributed by atoms with van der Waals surface area (Å²) < 4.78 is 19.5. The number of benzene rings is 1. The predicted octanol–water partition coefficient (Wildman–Crippen LogP) is 4.00. The normalized spacial score (nSPS) is 15.9. The number of hydrogen-bond donors (Lipinski definition) is 1. The van der Waals surface area contributed by atoms with Gasteiger partial charge < -0.3 is 9.84 Å². The van der Waals surface area contributed by atoms with Crippen LogP contribution in [0.15, 0.2) is 18.2 Å². The first-order valence-corrected chi connectivity index (χ1v) is 7.67. The number of rotatable bonds is 4. The lowest BCUT2D eigenvalue weighted by atomic mass is 10.0. The van der Waals surface area contributed by atoms with Gasteiger partial charge in [0, 0.05) is 16.6 Å². The Morgan fingerprint density at radius 2 is 2.00 bits per heavy atom. The Bertz CT molecular complexity index is 625. The summed E-state index contributed by atoms with van der Waals surface area (Å²) in [5.74, 6) is -2.08. The Balaban J connectivity index is 2.40. The topological polar surface area (TPSA) is 66.8 Å². The van der Waals surface area contributed by atoms with E-state index >= 15 is 0 Å². The highest BCUT2D eigenvalue weighted by Crippen LogP contribution is 2.37. The molecule has 0 radical (unpaired) electrons. The van der Waals surface area contributed by atoms with Crippen LogP contribution in [0.1, 0.15) is 45.2 Å². The van der Waals surface area contributed by atoms with Crippen molar-refractivity contribution in [3.63, 3.8) is 0 Å². The van der Waals surface area contributed by atoms with Crippen molar-refractivity contribution in [1.82, 2.24) is 4.90 Å². The molecular formula is C16H19ClFNO4. The summed E-state index contributed by atoms with van der Waals surface area (Å²) in [5, 5.41) is 9.72. The smallest absolute Gasteiger partial charge is 0.411 e. The molecule has 1 atom stereocenters. The lowest BCUT2D eigenvalue weighted by molar-refractivity contribution is -0.143. The molecule has 0 aromatic heterocycles. The fourth-order valence-corrected chi connectivity index (χ4v) is 2.42. The van der Waals surface area contributed by atoms with Gasteiger partial charge in [-0.15, -0.1) is 0 Å². The Morgan fingerprint density at radius 3 is 2.43 bits per heavy atom. The van der Waals surface area contributed by atoms with Crippen molar-refractivity contribution in [2.75, 3.05) is 0 Å². The zero-order valence-electron chi connectivity index (χ0n) is 13.2. The van der Waals surface area contributed by atoms with E-state index in [2.05, 4.69) is 0 Å². The fourth-order valence-electron chi connectivity index (χ4n) is 2.26. The van der Waals surface area contributed by atoms with Crippen LogP contribution in [0.3, 0.4) is 0 Å². The van der Waals surface area contributed by atoms with E-state index in [0.29, 0.717) is 12.8 Å². The number of nitrogens with zero attached hydrogens (tertiary/aromatic N) is 1. The van der Waals surface area contributed by atoms with Gasteiger partial charge in [-0.25, -0.2) is 14.0 Å². The van der Waals surface area contributed by atoms with Crippen molar-refractivity contribution in [3.8, 4) is 0 Å². The fraction of sp³-hybridized carbons (Fsp3) is 0.500. The minimum absolute atomic E-state index is 0.111. The zero-order valence-corrected chi connectivity index (χ0v) is 13.9. The zero-order chi connectivity index (χ0) is 17.4. The number of hydrogen-bond acceptors (Lipinski definition) is 3. The Hall–Kier alpha value is -1.82. The van der Waals surface area contributed by atoms with E-state index < -0.39 is 29.5 Å². The summed E-state index contributed by atoms with van der Waals surface area (Å²) in [6, 6.07) is 2.01. The summed E-state index contributed by atoms with van der Waals surface area (Å²) in [6.45, 7) is 5.07. The van der Waals surface area contributed by atoms with Crippen LogP contribution in [0.25, 0.3) is 0 Å². The summed E-state index contributed by atoms with van der Waals surface area (Å²) in [5.41, 5.74) is -0.883. The van der Waals surface area contributed by atoms with E-state index in [1.54, 1.807) is 20.8 Å². The number of halogens is 2. The second-order valence-corrected chi connectivity index (χ2v) is 6.96. The molecule has 1 aliphatic carbocycles. The lowest BCUT2D eigenvalue weighted by Crippen LogP contribution is -2.43. The third kappa shape index (κ3) is 4.34. The monoisotopic (exact) mass is 343 g/mol. The van der Waals surface area contributed by atoms with Crippen molar-refractivity contribution in [3.05, 3.63) is 34.6 Å². The SMILES string of the molecule is CC(C)(C)OC(=O)N(C1CC1)C(C(=O)O)c1ccc(Cl)cc1F. The molecule has 126 valence electrons. The van der Waals surface area contributed by atoms with E-state index in [0.717, 1.165) is 11.0 Å². The van der Waals surface area contributed by atoms with Crippen LogP contribution in [0.2, 0.25) is 5.02 Å². The standard InChI is InChI=1S/C16H19ClFNO4/c1-16(2,3)23-15(22)19(10-5-6-10)13(14(20)21)11-7-4-9(17)8-12(11)18/h4,7-8,10,13H,5-6H2,1-3H3,(H,20,21). The Kier molecular flexibility index (Phi) is 4.84. The van der Waals surface area contributed by atoms with Crippen molar-refractivity contribution in [2.24, 2.45) is 0 Å². The highest BCUT2D eigenvalue weighted by molar-refractivity contribution is 6.30. The van der Waals surface area contributed by atoms with Gasteiger partial charge >= 0.3 is 12.1 Å². The third-order valence-corrected chi connectivity index (χ3v) is 3.55.